The van der Waals surface area contributed by atoms with Crippen molar-refractivity contribution in [2.75, 3.05) is 76.2 Å². The summed E-state index contributed by atoms with van der Waals surface area (Å²) in [5.41, 5.74) is 12.6. The molecule has 0 unspecified atom stereocenters. The molecule has 8 rings (SSSR count). The smallest absolute Gasteiger partial charge is 0.258 e. The number of hydrogen-bond donors (Lipinski definition) is 3. The van der Waals surface area contributed by atoms with E-state index in [0.29, 0.717) is 69.3 Å². The molecule has 2 amide bonds. The Morgan fingerprint density at radius 3 is 2.31 bits per heavy atom. The van der Waals surface area contributed by atoms with Gasteiger partial charge in [0, 0.05) is 89.5 Å². The second-order valence-electron chi connectivity index (χ2n) is 15.2. The van der Waals surface area contributed by atoms with Crippen LogP contribution >= 0.6 is 0 Å². The Balaban J connectivity index is 0.862. The van der Waals surface area contributed by atoms with Crippen LogP contribution in [-0.2, 0) is 42.1 Å². The number of morpholine rings is 1. The molecule has 2 fully saturated rings. The van der Waals surface area contributed by atoms with Crippen LogP contribution < -0.4 is 10.6 Å². The Morgan fingerprint density at radius 1 is 0.836 bits per heavy atom. The molecule has 4 aliphatic rings. The molecule has 0 saturated carbocycles. The number of piperazine rings is 1. The molecule has 4 aromatic rings. The van der Waals surface area contributed by atoms with Crippen LogP contribution in [0.4, 0.5) is 11.8 Å². The van der Waals surface area contributed by atoms with Gasteiger partial charge in [-0.25, -0.2) is 19.9 Å². The average molecular weight is 749 g/mol. The summed E-state index contributed by atoms with van der Waals surface area (Å²) in [6, 6.07) is 9.28. The fourth-order valence-corrected chi connectivity index (χ4v) is 7.99. The molecule has 288 valence electrons. The molecule has 2 aromatic heterocycles. The zero-order valence-corrected chi connectivity index (χ0v) is 31.4. The van der Waals surface area contributed by atoms with E-state index < -0.39 is 0 Å². The summed E-state index contributed by atoms with van der Waals surface area (Å²) < 4.78 is 5.60. The van der Waals surface area contributed by atoms with Crippen LogP contribution in [0.15, 0.2) is 42.7 Å². The summed E-state index contributed by atoms with van der Waals surface area (Å²) in [6.07, 6.45) is 3.95. The van der Waals surface area contributed by atoms with Crippen LogP contribution in [0, 0.1) is 0 Å². The zero-order valence-electron chi connectivity index (χ0n) is 31.4. The molecule has 2 saturated heterocycles. The van der Waals surface area contributed by atoms with Crippen molar-refractivity contribution in [2.45, 2.75) is 52.4 Å². The summed E-state index contributed by atoms with van der Waals surface area (Å²) in [6.45, 7) is 13.1. The minimum atomic E-state index is -0.249. The lowest BCUT2D eigenvalue weighted by Crippen LogP contribution is -2.50. The number of nitrogens with two attached hydrogens (primary N) is 1. The highest BCUT2D eigenvalue weighted by Crippen LogP contribution is 2.35. The van der Waals surface area contributed by atoms with Crippen molar-refractivity contribution in [3.63, 3.8) is 0 Å². The van der Waals surface area contributed by atoms with E-state index in [0.717, 1.165) is 74.0 Å². The number of aromatic hydroxyl groups is 2. The van der Waals surface area contributed by atoms with Crippen LogP contribution in [0.5, 0.6) is 11.5 Å². The number of anilines is 2. The third-order valence-electron chi connectivity index (χ3n) is 11.1. The van der Waals surface area contributed by atoms with E-state index in [9.17, 15) is 19.8 Å². The van der Waals surface area contributed by atoms with Gasteiger partial charge in [0.05, 0.1) is 43.1 Å². The molecule has 0 atom stereocenters. The van der Waals surface area contributed by atoms with Crippen LogP contribution in [0.3, 0.4) is 0 Å². The summed E-state index contributed by atoms with van der Waals surface area (Å²) in [5.74, 6) is 1.25. The summed E-state index contributed by atoms with van der Waals surface area (Å²) in [7, 11) is 0. The predicted octanol–water partition coefficient (Wildman–Crippen LogP) is 2.75. The van der Waals surface area contributed by atoms with Gasteiger partial charge in [-0.05, 0) is 40.7 Å². The lowest BCUT2D eigenvalue weighted by atomic mass is 9.98. The molecule has 15 nitrogen and oxygen atoms in total. The van der Waals surface area contributed by atoms with Gasteiger partial charge >= 0.3 is 0 Å². The first-order chi connectivity index (χ1) is 26.6. The lowest BCUT2D eigenvalue weighted by molar-refractivity contribution is -0.133. The maximum Gasteiger partial charge on any atom is 0.258 e. The number of nitrogen functional groups attached to an aromatic ring is 1. The van der Waals surface area contributed by atoms with Crippen LogP contribution in [0.25, 0.3) is 11.4 Å². The highest BCUT2D eigenvalue weighted by Gasteiger charge is 2.31. The van der Waals surface area contributed by atoms with Gasteiger partial charge in [-0.1, -0.05) is 32.0 Å². The van der Waals surface area contributed by atoms with E-state index in [1.54, 1.807) is 23.4 Å². The Labute approximate surface area is 320 Å². The van der Waals surface area contributed by atoms with Crippen molar-refractivity contribution < 1.29 is 24.5 Å². The molecular formula is C40H48N10O5. The van der Waals surface area contributed by atoms with Crippen LogP contribution in [0.2, 0.25) is 0 Å². The molecule has 4 N–H and O–H groups in total. The summed E-state index contributed by atoms with van der Waals surface area (Å²) in [5, 5.41) is 20.7. The van der Waals surface area contributed by atoms with Crippen molar-refractivity contribution in [3.8, 4) is 22.9 Å². The fourth-order valence-electron chi connectivity index (χ4n) is 7.99. The maximum atomic E-state index is 13.7. The normalized spacial score (nSPS) is 17.8. The first-order valence-electron chi connectivity index (χ1n) is 19.1. The molecule has 15 heteroatoms. The average Bonchev–Trinajstić information content (AvgIpc) is 3.62. The number of fused-ring (bicyclic) bond motifs is 2. The van der Waals surface area contributed by atoms with Gasteiger partial charge < -0.3 is 35.4 Å². The monoisotopic (exact) mass is 748 g/mol. The number of ether oxygens (including phenoxy) is 1. The largest absolute Gasteiger partial charge is 0.508 e. The van der Waals surface area contributed by atoms with Crippen molar-refractivity contribution >= 4 is 23.6 Å². The Kier molecular flexibility index (Phi) is 10.2. The molecule has 0 radical (unpaired) electrons. The molecule has 0 aliphatic carbocycles. The number of nitrogens with zero attached hydrogens (tertiary/aromatic N) is 9. The molecule has 0 bridgehead atoms. The number of aromatic nitrogens is 4. The maximum absolute atomic E-state index is 13.7. The minimum Gasteiger partial charge on any atom is -0.508 e. The molecule has 6 heterocycles. The van der Waals surface area contributed by atoms with Crippen molar-refractivity contribution in [2.24, 2.45) is 0 Å². The van der Waals surface area contributed by atoms with E-state index in [4.69, 9.17) is 20.4 Å². The first kappa shape index (κ1) is 36.6. The Bertz CT molecular complexity index is 2080. The summed E-state index contributed by atoms with van der Waals surface area (Å²) in [4.78, 5) is 55.9. The van der Waals surface area contributed by atoms with Gasteiger partial charge in [0.2, 0.25) is 11.9 Å². The van der Waals surface area contributed by atoms with Gasteiger partial charge in [0.1, 0.15) is 17.3 Å². The van der Waals surface area contributed by atoms with Gasteiger partial charge in [-0.2, -0.15) is 0 Å². The first-order valence-corrected chi connectivity index (χ1v) is 19.1. The minimum absolute atomic E-state index is 0.00531. The molecule has 55 heavy (non-hydrogen) atoms. The van der Waals surface area contributed by atoms with E-state index in [-0.39, 0.29) is 40.7 Å². The number of carbonyl (C=O) groups is 2. The number of phenolic OH excluding ortho intramolecular Hbond substituents is 2. The Morgan fingerprint density at radius 2 is 1.56 bits per heavy atom. The van der Waals surface area contributed by atoms with Crippen molar-refractivity contribution in [1.82, 2.24) is 39.5 Å². The third kappa shape index (κ3) is 7.77. The third-order valence-corrected chi connectivity index (χ3v) is 11.1. The number of rotatable bonds is 8. The van der Waals surface area contributed by atoms with E-state index in [1.807, 2.05) is 18.7 Å². The van der Waals surface area contributed by atoms with Gasteiger partial charge in [0.15, 0.2) is 5.82 Å². The topological polar surface area (TPSA) is 178 Å². The van der Waals surface area contributed by atoms with Crippen molar-refractivity contribution in [1.29, 1.82) is 0 Å². The number of amides is 2. The standard InChI is InChI=1S/C40H48N10O5/c1-25(2)31-16-32(35(52)17-34(31)51)39(54)50-21-27-4-3-26(15-28(27)22-50)20-46-7-9-47(10-8-46)24-36(53)49-6-5-30-33(23-49)44-37(29-18-42-40(41)43-19-29)45-38(30)48-11-13-55-14-12-48/h3-4,15-19,25,51-52H,5-14,20-24H2,1-2H3,(H2,41,42,43). The number of hydrogen-bond acceptors (Lipinski definition) is 13. The van der Waals surface area contributed by atoms with Crippen LogP contribution in [0.1, 0.15) is 63.6 Å². The Hall–Kier alpha value is -5.38. The number of carbonyl (C=O) groups excluding carboxylic acids is 2. The van der Waals surface area contributed by atoms with E-state index >= 15 is 0 Å². The quantitative estimate of drug-likeness (QED) is 0.240. The SMILES string of the molecule is CC(C)c1cc(C(=O)N2Cc3ccc(CN4CCN(CC(=O)N5CCc6c(nc(-c7cnc(N)nc7)nc6N6CCOCC6)C5)CC4)cc3C2)c(O)cc1O. The zero-order chi connectivity index (χ0) is 38.2. The predicted molar refractivity (Wildman–Crippen MR) is 205 cm³/mol. The summed E-state index contributed by atoms with van der Waals surface area (Å²) >= 11 is 0. The highest BCUT2D eigenvalue weighted by molar-refractivity contribution is 5.97. The molecule has 2 aromatic carbocycles. The second-order valence-corrected chi connectivity index (χ2v) is 15.2. The lowest BCUT2D eigenvalue weighted by Gasteiger charge is -2.37. The highest BCUT2D eigenvalue weighted by atomic mass is 16.5. The van der Waals surface area contributed by atoms with Crippen molar-refractivity contribution in [3.05, 3.63) is 81.8 Å². The van der Waals surface area contributed by atoms with Gasteiger partial charge in [-0.3, -0.25) is 19.4 Å². The van der Waals surface area contributed by atoms with Gasteiger partial charge in [-0.15, -0.1) is 0 Å². The molecule has 0 spiro atoms. The van der Waals surface area contributed by atoms with Crippen LogP contribution in [-0.4, -0.2) is 127 Å². The fraction of sp³-hybridized carbons (Fsp3) is 0.450. The molecular weight excluding hydrogens is 701 g/mol. The molecule has 4 aliphatic heterocycles. The second kappa shape index (κ2) is 15.4. The van der Waals surface area contributed by atoms with Gasteiger partial charge in [0.25, 0.3) is 5.91 Å². The number of benzene rings is 2. The van der Waals surface area contributed by atoms with E-state index in [1.165, 1.54) is 11.6 Å². The number of phenols is 2. The van der Waals surface area contributed by atoms with E-state index in [2.05, 4.69) is 42.9 Å².